The molecule has 0 aliphatic carbocycles. The van der Waals surface area contributed by atoms with Crippen LogP contribution >= 0.6 is 12.2 Å². The normalized spacial score (nSPS) is 30.4. The summed E-state index contributed by atoms with van der Waals surface area (Å²) in [6.45, 7) is 2.04. The van der Waals surface area contributed by atoms with Crippen LogP contribution in [0.2, 0.25) is 0 Å². The highest BCUT2D eigenvalue weighted by Crippen LogP contribution is 2.13. The summed E-state index contributed by atoms with van der Waals surface area (Å²) in [5.41, 5.74) is 0. The second-order valence-electron chi connectivity index (χ2n) is 1.84. The van der Waals surface area contributed by atoms with Crippen molar-refractivity contribution in [1.82, 2.24) is 0 Å². The maximum absolute atomic E-state index is 5.09. The van der Waals surface area contributed by atoms with E-state index in [0.29, 0.717) is 6.10 Å². The summed E-state index contributed by atoms with van der Waals surface area (Å²) in [5, 5.41) is 0.785. The van der Waals surface area contributed by atoms with E-state index >= 15 is 0 Å². The fourth-order valence-corrected chi connectivity index (χ4v) is 0.945. The van der Waals surface area contributed by atoms with Crippen molar-refractivity contribution < 1.29 is 4.74 Å². The molecule has 1 heterocycles. The summed E-state index contributed by atoms with van der Waals surface area (Å²) in [7, 11) is 0. The first-order valence-corrected chi connectivity index (χ1v) is 2.89. The summed E-state index contributed by atoms with van der Waals surface area (Å²) in [6.07, 6.45) is 2.47. The van der Waals surface area contributed by atoms with Crippen LogP contribution in [0.4, 0.5) is 0 Å². The smallest absolute Gasteiger partial charge is 0.160 e. The largest absolute Gasteiger partial charge is 0.484 e. The molecule has 1 atom stereocenters. The molecule has 1 fully saturated rings. The standard InChI is InChI=1S/C5H8OS/c1-4-2-3-5(7)6-4/h4H,2-3H2,1H3/t4-/m1/s1. The third-order valence-corrected chi connectivity index (χ3v) is 1.39. The Morgan fingerprint density at radius 2 is 2.57 bits per heavy atom. The van der Waals surface area contributed by atoms with Crippen LogP contribution in [-0.2, 0) is 4.74 Å². The molecule has 1 nitrogen and oxygen atoms in total. The lowest BCUT2D eigenvalue weighted by molar-refractivity contribution is 0.245. The van der Waals surface area contributed by atoms with Crippen molar-refractivity contribution in [2.24, 2.45) is 0 Å². The first kappa shape index (κ1) is 5.04. The quantitative estimate of drug-likeness (QED) is 0.444. The predicted molar refractivity (Wildman–Crippen MR) is 32.4 cm³/mol. The van der Waals surface area contributed by atoms with Gasteiger partial charge in [-0.05, 0) is 25.6 Å². The van der Waals surface area contributed by atoms with Gasteiger partial charge in [0.2, 0.25) is 0 Å². The van der Waals surface area contributed by atoms with Crippen molar-refractivity contribution in [1.29, 1.82) is 0 Å². The van der Waals surface area contributed by atoms with Gasteiger partial charge in [0.25, 0.3) is 0 Å². The van der Waals surface area contributed by atoms with Crippen molar-refractivity contribution in [3.05, 3.63) is 0 Å². The molecule has 1 rings (SSSR count). The Kier molecular flexibility index (Phi) is 1.28. The van der Waals surface area contributed by atoms with Gasteiger partial charge in [0.15, 0.2) is 5.05 Å². The molecule has 0 unspecified atom stereocenters. The van der Waals surface area contributed by atoms with Crippen LogP contribution in [0.1, 0.15) is 19.8 Å². The van der Waals surface area contributed by atoms with Crippen LogP contribution in [0.15, 0.2) is 0 Å². The van der Waals surface area contributed by atoms with Crippen molar-refractivity contribution in [2.75, 3.05) is 0 Å². The van der Waals surface area contributed by atoms with Gasteiger partial charge >= 0.3 is 0 Å². The molecule has 0 aromatic heterocycles. The maximum atomic E-state index is 5.09. The highest BCUT2D eigenvalue weighted by Gasteiger charge is 2.14. The topological polar surface area (TPSA) is 9.23 Å². The van der Waals surface area contributed by atoms with Crippen molar-refractivity contribution in [3.8, 4) is 0 Å². The Bertz CT molecular complexity index is 90.1. The molecule has 0 aromatic carbocycles. The molecule has 0 radical (unpaired) electrons. The van der Waals surface area contributed by atoms with E-state index in [1.807, 2.05) is 6.92 Å². The average Bonchev–Trinajstić information content (AvgIpc) is 1.87. The van der Waals surface area contributed by atoms with E-state index in [2.05, 4.69) is 0 Å². The van der Waals surface area contributed by atoms with Gasteiger partial charge in [0.1, 0.15) is 0 Å². The highest BCUT2D eigenvalue weighted by molar-refractivity contribution is 7.80. The lowest BCUT2D eigenvalue weighted by atomic mass is 10.3. The van der Waals surface area contributed by atoms with E-state index in [-0.39, 0.29) is 0 Å². The Morgan fingerprint density at radius 1 is 1.86 bits per heavy atom. The number of hydrogen-bond acceptors (Lipinski definition) is 2. The molecule has 0 amide bonds. The van der Waals surface area contributed by atoms with Crippen LogP contribution in [0.5, 0.6) is 0 Å². The van der Waals surface area contributed by atoms with E-state index in [1.165, 1.54) is 0 Å². The summed E-state index contributed by atoms with van der Waals surface area (Å²) in [6, 6.07) is 0. The maximum Gasteiger partial charge on any atom is 0.160 e. The highest BCUT2D eigenvalue weighted by atomic mass is 32.1. The molecule has 2 heteroatoms. The minimum Gasteiger partial charge on any atom is -0.484 e. The van der Waals surface area contributed by atoms with Crippen LogP contribution in [-0.4, -0.2) is 11.2 Å². The molecule has 0 bridgehead atoms. The molecular weight excluding hydrogens is 108 g/mol. The number of hydrogen-bond donors (Lipinski definition) is 0. The number of rotatable bonds is 0. The zero-order chi connectivity index (χ0) is 5.28. The van der Waals surface area contributed by atoms with Gasteiger partial charge in [-0.2, -0.15) is 0 Å². The Morgan fingerprint density at radius 3 is 2.71 bits per heavy atom. The Labute approximate surface area is 48.7 Å². The third-order valence-electron chi connectivity index (χ3n) is 1.09. The van der Waals surface area contributed by atoms with Crippen LogP contribution in [0, 0.1) is 0 Å². The zero-order valence-electron chi connectivity index (χ0n) is 4.31. The summed E-state index contributed by atoms with van der Waals surface area (Å²) >= 11 is 4.77. The van der Waals surface area contributed by atoms with E-state index < -0.39 is 0 Å². The average molecular weight is 116 g/mol. The summed E-state index contributed by atoms with van der Waals surface area (Å²) in [5.74, 6) is 0. The van der Waals surface area contributed by atoms with E-state index in [9.17, 15) is 0 Å². The van der Waals surface area contributed by atoms with Crippen LogP contribution in [0.25, 0.3) is 0 Å². The number of thiocarbonyl (C=S) groups is 1. The van der Waals surface area contributed by atoms with E-state index in [1.54, 1.807) is 0 Å². The molecule has 1 saturated heterocycles. The predicted octanol–water partition coefficient (Wildman–Crippen LogP) is 1.51. The second-order valence-corrected chi connectivity index (χ2v) is 2.29. The molecule has 1 aliphatic rings. The fraction of sp³-hybridized carbons (Fsp3) is 0.800. The first-order valence-electron chi connectivity index (χ1n) is 2.48. The van der Waals surface area contributed by atoms with E-state index in [0.717, 1.165) is 17.9 Å². The van der Waals surface area contributed by atoms with E-state index in [4.69, 9.17) is 17.0 Å². The second kappa shape index (κ2) is 1.78. The van der Waals surface area contributed by atoms with Crippen LogP contribution in [0.3, 0.4) is 0 Å². The molecule has 7 heavy (non-hydrogen) atoms. The van der Waals surface area contributed by atoms with Gasteiger partial charge in [-0.1, -0.05) is 0 Å². The Balaban J connectivity index is 2.40. The van der Waals surface area contributed by atoms with Gasteiger partial charge in [-0.15, -0.1) is 0 Å². The lowest BCUT2D eigenvalue weighted by Gasteiger charge is -1.97. The molecule has 40 valence electrons. The zero-order valence-corrected chi connectivity index (χ0v) is 5.12. The molecule has 0 aromatic rings. The number of ether oxygens (including phenoxy) is 1. The monoisotopic (exact) mass is 116 g/mol. The van der Waals surface area contributed by atoms with Gasteiger partial charge in [0, 0.05) is 6.42 Å². The first-order chi connectivity index (χ1) is 3.29. The minimum absolute atomic E-state index is 0.382. The lowest BCUT2D eigenvalue weighted by Crippen LogP contribution is -1.97. The minimum atomic E-state index is 0.382. The molecule has 0 N–H and O–H groups in total. The van der Waals surface area contributed by atoms with Gasteiger partial charge in [-0.25, -0.2) is 0 Å². The molecule has 0 saturated carbocycles. The molecule has 0 spiro atoms. The van der Waals surface area contributed by atoms with Crippen molar-refractivity contribution in [2.45, 2.75) is 25.9 Å². The fourth-order valence-electron chi connectivity index (χ4n) is 0.663. The SMILES string of the molecule is C[C@@H]1CCC(=S)O1. The van der Waals surface area contributed by atoms with Gasteiger partial charge < -0.3 is 4.74 Å². The van der Waals surface area contributed by atoms with Crippen molar-refractivity contribution in [3.63, 3.8) is 0 Å². The van der Waals surface area contributed by atoms with Crippen molar-refractivity contribution >= 4 is 17.3 Å². The Hall–Kier alpha value is -0.110. The molecular formula is C5H8OS. The molecule has 1 aliphatic heterocycles. The summed E-state index contributed by atoms with van der Waals surface area (Å²) < 4.78 is 5.09. The van der Waals surface area contributed by atoms with Gasteiger partial charge in [-0.3, -0.25) is 0 Å². The summed E-state index contributed by atoms with van der Waals surface area (Å²) in [4.78, 5) is 0. The van der Waals surface area contributed by atoms with Crippen LogP contribution < -0.4 is 0 Å². The third kappa shape index (κ3) is 1.13. The van der Waals surface area contributed by atoms with Gasteiger partial charge in [0.05, 0.1) is 6.10 Å².